The van der Waals surface area contributed by atoms with E-state index in [9.17, 15) is 4.79 Å². The first kappa shape index (κ1) is 15.5. The lowest BCUT2D eigenvalue weighted by molar-refractivity contribution is -0.115. The van der Waals surface area contributed by atoms with Crippen LogP contribution in [0.2, 0.25) is 5.02 Å². The number of hydrogen-bond donors (Lipinski definition) is 1. The number of ether oxygens (including phenoxy) is 3. The number of halogens is 1. The Bertz CT molecular complexity index is 715. The first-order valence-corrected chi connectivity index (χ1v) is 7.55. The summed E-state index contributed by atoms with van der Waals surface area (Å²) in [6.07, 6.45) is 0.197. The first-order valence-electron chi connectivity index (χ1n) is 7.17. The van der Waals surface area contributed by atoms with E-state index in [1.54, 1.807) is 43.5 Å². The van der Waals surface area contributed by atoms with E-state index in [0.717, 1.165) is 11.3 Å². The van der Waals surface area contributed by atoms with E-state index < -0.39 is 0 Å². The van der Waals surface area contributed by atoms with Gasteiger partial charge in [0.2, 0.25) is 5.91 Å². The highest BCUT2D eigenvalue weighted by molar-refractivity contribution is 6.32. The van der Waals surface area contributed by atoms with Crippen molar-refractivity contribution in [3.8, 4) is 17.2 Å². The van der Waals surface area contributed by atoms with E-state index in [2.05, 4.69) is 5.32 Å². The normalized spacial score (nSPS) is 12.6. The molecule has 3 rings (SSSR count). The molecular formula is C17H16ClNO4. The van der Waals surface area contributed by atoms with Gasteiger partial charge < -0.3 is 19.5 Å². The van der Waals surface area contributed by atoms with Crippen molar-refractivity contribution >= 4 is 23.2 Å². The van der Waals surface area contributed by atoms with Crippen LogP contribution in [0.1, 0.15) is 5.56 Å². The van der Waals surface area contributed by atoms with Crippen LogP contribution in [-0.4, -0.2) is 26.2 Å². The monoisotopic (exact) mass is 333 g/mol. The minimum Gasteiger partial charge on any atom is -0.497 e. The highest BCUT2D eigenvalue weighted by Crippen LogP contribution is 2.38. The molecular weight excluding hydrogens is 318 g/mol. The predicted octanol–water partition coefficient (Wildman–Crippen LogP) is 3.30. The number of nitrogens with one attached hydrogen (secondary N) is 1. The van der Waals surface area contributed by atoms with Crippen LogP contribution in [0.5, 0.6) is 17.2 Å². The van der Waals surface area contributed by atoms with Crippen LogP contribution in [0.3, 0.4) is 0 Å². The molecule has 0 bridgehead atoms. The van der Waals surface area contributed by atoms with E-state index in [0.29, 0.717) is 35.4 Å². The average molecular weight is 334 g/mol. The third kappa shape index (κ3) is 3.68. The van der Waals surface area contributed by atoms with E-state index in [1.807, 2.05) is 0 Å². The standard InChI is InChI=1S/C17H16ClNO4/c1-21-13-4-2-12(3-5-13)19-16(20)10-11-8-14(18)17-15(9-11)22-6-7-23-17/h2-5,8-9H,6-7,10H2,1H3,(H,19,20). The van der Waals surface area contributed by atoms with Gasteiger partial charge in [-0.25, -0.2) is 0 Å². The molecule has 0 saturated carbocycles. The molecule has 0 unspecified atom stereocenters. The highest BCUT2D eigenvalue weighted by atomic mass is 35.5. The number of fused-ring (bicyclic) bond motifs is 1. The van der Waals surface area contributed by atoms with Gasteiger partial charge in [0, 0.05) is 5.69 Å². The topological polar surface area (TPSA) is 56.8 Å². The molecule has 0 radical (unpaired) electrons. The Kier molecular flexibility index (Phi) is 4.57. The lowest BCUT2D eigenvalue weighted by Crippen LogP contribution is -2.17. The molecule has 1 N–H and O–H groups in total. The summed E-state index contributed by atoms with van der Waals surface area (Å²) < 4.78 is 16.1. The lowest BCUT2D eigenvalue weighted by Gasteiger charge is -2.20. The van der Waals surface area contributed by atoms with Crippen LogP contribution in [0.4, 0.5) is 5.69 Å². The Labute approximate surface area is 139 Å². The molecule has 5 nitrogen and oxygen atoms in total. The molecule has 2 aromatic carbocycles. The quantitative estimate of drug-likeness (QED) is 0.932. The van der Waals surface area contributed by atoms with Crippen molar-refractivity contribution < 1.29 is 19.0 Å². The minimum atomic E-state index is -0.136. The summed E-state index contributed by atoms with van der Waals surface area (Å²) in [7, 11) is 1.60. The van der Waals surface area contributed by atoms with Gasteiger partial charge in [0.25, 0.3) is 0 Å². The Morgan fingerprint density at radius 1 is 1.22 bits per heavy atom. The molecule has 120 valence electrons. The third-order valence-electron chi connectivity index (χ3n) is 3.40. The number of carbonyl (C=O) groups excluding carboxylic acids is 1. The summed E-state index contributed by atoms with van der Waals surface area (Å²) in [5, 5.41) is 3.28. The van der Waals surface area contributed by atoms with Crippen molar-refractivity contribution in [2.75, 3.05) is 25.6 Å². The van der Waals surface area contributed by atoms with Crippen LogP contribution in [0.15, 0.2) is 36.4 Å². The molecule has 0 aliphatic carbocycles. The van der Waals surface area contributed by atoms with E-state index >= 15 is 0 Å². The van der Waals surface area contributed by atoms with Gasteiger partial charge in [-0.15, -0.1) is 0 Å². The van der Waals surface area contributed by atoms with Gasteiger partial charge in [-0.3, -0.25) is 4.79 Å². The second-order valence-electron chi connectivity index (χ2n) is 5.06. The zero-order valence-electron chi connectivity index (χ0n) is 12.6. The summed E-state index contributed by atoms with van der Waals surface area (Å²) >= 11 is 6.17. The van der Waals surface area contributed by atoms with Gasteiger partial charge >= 0.3 is 0 Å². The molecule has 0 aromatic heterocycles. The maximum atomic E-state index is 12.2. The van der Waals surface area contributed by atoms with Crippen molar-refractivity contribution in [3.63, 3.8) is 0 Å². The van der Waals surface area contributed by atoms with Crippen LogP contribution in [0.25, 0.3) is 0 Å². The van der Waals surface area contributed by atoms with Gasteiger partial charge in [-0.1, -0.05) is 11.6 Å². The molecule has 23 heavy (non-hydrogen) atoms. The average Bonchev–Trinajstić information content (AvgIpc) is 2.55. The van der Waals surface area contributed by atoms with E-state index in [-0.39, 0.29) is 12.3 Å². The first-order chi connectivity index (χ1) is 11.2. The molecule has 0 fully saturated rings. The van der Waals surface area contributed by atoms with Crippen molar-refractivity contribution in [1.29, 1.82) is 0 Å². The van der Waals surface area contributed by atoms with E-state index in [1.165, 1.54) is 0 Å². The fourth-order valence-corrected chi connectivity index (χ4v) is 2.62. The number of amides is 1. The molecule has 6 heteroatoms. The number of rotatable bonds is 4. The van der Waals surface area contributed by atoms with Gasteiger partial charge in [0.15, 0.2) is 11.5 Å². The zero-order valence-corrected chi connectivity index (χ0v) is 13.4. The van der Waals surface area contributed by atoms with Crippen molar-refractivity contribution in [1.82, 2.24) is 0 Å². The number of carbonyl (C=O) groups is 1. The molecule has 0 spiro atoms. The van der Waals surface area contributed by atoms with Crippen LogP contribution in [-0.2, 0) is 11.2 Å². The third-order valence-corrected chi connectivity index (χ3v) is 3.68. The van der Waals surface area contributed by atoms with Crippen LogP contribution >= 0.6 is 11.6 Å². The van der Waals surface area contributed by atoms with Gasteiger partial charge in [-0.2, -0.15) is 0 Å². The van der Waals surface area contributed by atoms with Gasteiger partial charge in [0.1, 0.15) is 19.0 Å². The summed E-state index contributed by atoms with van der Waals surface area (Å²) in [6.45, 7) is 0.953. The summed E-state index contributed by atoms with van der Waals surface area (Å²) in [5.74, 6) is 1.72. The Morgan fingerprint density at radius 2 is 1.96 bits per heavy atom. The Hall–Kier alpha value is -2.40. The minimum absolute atomic E-state index is 0.136. The number of benzene rings is 2. The zero-order chi connectivity index (χ0) is 16.2. The SMILES string of the molecule is COc1ccc(NC(=O)Cc2cc(Cl)c3c(c2)OCCO3)cc1. The van der Waals surface area contributed by atoms with Crippen LogP contribution < -0.4 is 19.5 Å². The fraction of sp³-hybridized carbons (Fsp3) is 0.235. The second kappa shape index (κ2) is 6.79. The molecule has 0 atom stereocenters. The lowest BCUT2D eigenvalue weighted by atomic mass is 10.1. The summed E-state index contributed by atoms with van der Waals surface area (Å²) in [6, 6.07) is 10.7. The van der Waals surface area contributed by atoms with E-state index in [4.69, 9.17) is 25.8 Å². The fourth-order valence-electron chi connectivity index (χ4n) is 2.33. The molecule has 0 saturated heterocycles. The number of anilines is 1. The smallest absolute Gasteiger partial charge is 0.228 e. The molecule has 1 heterocycles. The van der Waals surface area contributed by atoms with Crippen LogP contribution in [0, 0.1) is 0 Å². The molecule has 2 aromatic rings. The second-order valence-corrected chi connectivity index (χ2v) is 5.46. The highest BCUT2D eigenvalue weighted by Gasteiger charge is 2.17. The Balaban J connectivity index is 1.68. The van der Waals surface area contributed by atoms with Crippen molar-refractivity contribution in [3.05, 3.63) is 47.0 Å². The number of hydrogen-bond acceptors (Lipinski definition) is 4. The molecule has 1 amide bonds. The number of methoxy groups -OCH3 is 1. The van der Waals surface area contributed by atoms with Gasteiger partial charge in [0.05, 0.1) is 18.6 Å². The maximum Gasteiger partial charge on any atom is 0.228 e. The van der Waals surface area contributed by atoms with Crippen molar-refractivity contribution in [2.45, 2.75) is 6.42 Å². The predicted molar refractivity (Wildman–Crippen MR) is 87.8 cm³/mol. The summed E-state index contributed by atoms with van der Waals surface area (Å²) in [4.78, 5) is 12.2. The molecule has 1 aliphatic rings. The maximum absolute atomic E-state index is 12.2. The Morgan fingerprint density at radius 3 is 2.70 bits per heavy atom. The largest absolute Gasteiger partial charge is 0.497 e. The molecule has 1 aliphatic heterocycles. The van der Waals surface area contributed by atoms with Crippen molar-refractivity contribution in [2.24, 2.45) is 0 Å². The summed E-state index contributed by atoms with van der Waals surface area (Å²) in [5.41, 5.74) is 1.48. The van der Waals surface area contributed by atoms with Gasteiger partial charge in [-0.05, 0) is 42.0 Å².